The van der Waals surface area contributed by atoms with Crippen LogP contribution in [0.4, 0.5) is 0 Å². The molecule has 0 saturated carbocycles. The number of nitrogens with one attached hydrogen (secondary N) is 1. The van der Waals surface area contributed by atoms with Gasteiger partial charge >= 0.3 is 0 Å². The lowest BCUT2D eigenvalue weighted by Crippen LogP contribution is -2.23. The van der Waals surface area contributed by atoms with Crippen LogP contribution in [0, 0.1) is 13.8 Å². The zero-order valence-electron chi connectivity index (χ0n) is 11.7. The highest BCUT2D eigenvalue weighted by Crippen LogP contribution is 2.11. The van der Waals surface area contributed by atoms with Crippen LogP contribution in [-0.2, 0) is 12.4 Å². The molecule has 2 rings (SSSR count). The molecule has 3 heteroatoms. The molecule has 0 fully saturated rings. The normalized spacial score (nSPS) is 10.3. The number of hydrogen-bond donors (Lipinski definition) is 1. The van der Waals surface area contributed by atoms with E-state index in [-0.39, 0.29) is 5.91 Å². The summed E-state index contributed by atoms with van der Waals surface area (Å²) in [4.78, 5) is 12.2. The number of carbonyl (C=O) groups excluding carboxylic acids is 1. The molecule has 2 nitrogen and oxygen atoms in total. The van der Waals surface area contributed by atoms with Crippen molar-refractivity contribution in [3.8, 4) is 0 Å². The minimum atomic E-state index is -0.0428. The first kappa shape index (κ1) is 14.6. The summed E-state index contributed by atoms with van der Waals surface area (Å²) in [5, 5.41) is 2.94. The maximum Gasteiger partial charge on any atom is 0.251 e. The van der Waals surface area contributed by atoms with Crippen LogP contribution in [0.3, 0.4) is 0 Å². The third-order valence-corrected chi connectivity index (χ3v) is 3.53. The van der Waals surface area contributed by atoms with Crippen LogP contribution >= 0.6 is 11.6 Å². The Hall–Kier alpha value is -1.80. The van der Waals surface area contributed by atoms with Crippen molar-refractivity contribution in [2.75, 3.05) is 0 Å². The molecule has 20 heavy (non-hydrogen) atoms. The van der Waals surface area contributed by atoms with Gasteiger partial charge in [-0.25, -0.2) is 0 Å². The van der Waals surface area contributed by atoms with Crippen molar-refractivity contribution in [2.24, 2.45) is 0 Å². The molecule has 0 bridgehead atoms. The number of rotatable bonds is 4. The number of aryl methyl sites for hydroxylation is 2. The molecule has 2 aromatic carbocycles. The van der Waals surface area contributed by atoms with Gasteiger partial charge in [0.2, 0.25) is 0 Å². The molecule has 0 unspecified atom stereocenters. The van der Waals surface area contributed by atoms with Crippen LogP contribution in [0.2, 0.25) is 0 Å². The average molecular weight is 288 g/mol. The van der Waals surface area contributed by atoms with Gasteiger partial charge in [-0.1, -0.05) is 42.0 Å². The highest BCUT2D eigenvalue weighted by Gasteiger charge is 2.08. The fourth-order valence-electron chi connectivity index (χ4n) is 2.17. The number of carbonyl (C=O) groups is 1. The van der Waals surface area contributed by atoms with Gasteiger partial charge in [0.1, 0.15) is 0 Å². The molecule has 104 valence electrons. The molecule has 1 amide bonds. The summed E-state index contributed by atoms with van der Waals surface area (Å²) in [5.41, 5.74) is 5.00. The van der Waals surface area contributed by atoms with Gasteiger partial charge in [0.15, 0.2) is 0 Å². The smallest absolute Gasteiger partial charge is 0.251 e. The quantitative estimate of drug-likeness (QED) is 0.847. The minimum absolute atomic E-state index is 0.0428. The maximum absolute atomic E-state index is 12.2. The largest absolute Gasteiger partial charge is 0.348 e. The summed E-state index contributed by atoms with van der Waals surface area (Å²) < 4.78 is 0. The second-order valence-electron chi connectivity index (χ2n) is 4.95. The van der Waals surface area contributed by atoms with Crippen LogP contribution in [-0.4, -0.2) is 5.91 Å². The highest BCUT2D eigenvalue weighted by atomic mass is 35.5. The van der Waals surface area contributed by atoms with Gasteiger partial charge in [-0.05, 0) is 36.6 Å². The first-order valence-electron chi connectivity index (χ1n) is 6.59. The Balaban J connectivity index is 2.04. The van der Waals surface area contributed by atoms with Crippen molar-refractivity contribution < 1.29 is 4.79 Å². The summed E-state index contributed by atoms with van der Waals surface area (Å²) in [7, 11) is 0. The number of benzene rings is 2. The SMILES string of the molecule is Cc1ccc(C(=O)NCc2cccc(CCl)c2)c(C)c1. The van der Waals surface area contributed by atoms with Crippen molar-refractivity contribution in [2.45, 2.75) is 26.3 Å². The molecule has 0 aliphatic heterocycles. The lowest BCUT2D eigenvalue weighted by atomic mass is 10.1. The fraction of sp³-hybridized carbons (Fsp3) is 0.235. The summed E-state index contributed by atoms with van der Waals surface area (Å²) in [6.07, 6.45) is 0. The van der Waals surface area contributed by atoms with Crippen LogP contribution in [0.1, 0.15) is 32.6 Å². The molecule has 0 aliphatic carbocycles. The van der Waals surface area contributed by atoms with E-state index in [0.29, 0.717) is 12.4 Å². The molecule has 0 aromatic heterocycles. The zero-order chi connectivity index (χ0) is 14.5. The van der Waals surface area contributed by atoms with E-state index in [4.69, 9.17) is 11.6 Å². The summed E-state index contributed by atoms with van der Waals surface area (Å²) in [6.45, 7) is 4.49. The molecule has 0 saturated heterocycles. The van der Waals surface area contributed by atoms with E-state index in [1.807, 2.05) is 56.3 Å². The number of amides is 1. The maximum atomic E-state index is 12.2. The van der Waals surface area contributed by atoms with Crippen molar-refractivity contribution in [3.05, 3.63) is 70.3 Å². The van der Waals surface area contributed by atoms with Gasteiger partial charge < -0.3 is 5.32 Å². The van der Waals surface area contributed by atoms with Crippen LogP contribution in [0.25, 0.3) is 0 Å². The van der Waals surface area contributed by atoms with Crippen molar-refractivity contribution >= 4 is 17.5 Å². The Bertz CT molecular complexity index is 622. The molecule has 2 aromatic rings. The van der Waals surface area contributed by atoms with Crippen LogP contribution in [0.5, 0.6) is 0 Å². The van der Waals surface area contributed by atoms with Crippen LogP contribution < -0.4 is 5.32 Å². The second kappa shape index (κ2) is 6.58. The second-order valence-corrected chi connectivity index (χ2v) is 5.22. The summed E-state index contributed by atoms with van der Waals surface area (Å²) in [5.74, 6) is 0.442. The van der Waals surface area contributed by atoms with E-state index < -0.39 is 0 Å². The average Bonchev–Trinajstić information content (AvgIpc) is 2.45. The Kier molecular flexibility index (Phi) is 4.80. The number of hydrogen-bond acceptors (Lipinski definition) is 1. The zero-order valence-corrected chi connectivity index (χ0v) is 12.5. The first-order valence-corrected chi connectivity index (χ1v) is 7.13. The van der Waals surface area contributed by atoms with Gasteiger partial charge in [-0.2, -0.15) is 0 Å². The Morgan fingerprint density at radius 2 is 1.85 bits per heavy atom. The van der Waals surface area contributed by atoms with E-state index in [1.165, 1.54) is 0 Å². The summed E-state index contributed by atoms with van der Waals surface area (Å²) in [6, 6.07) is 13.8. The molecule has 0 atom stereocenters. The molecule has 1 N–H and O–H groups in total. The molecular formula is C17H18ClNO. The van der Waals surface area contributed by atoms with E-state index in [2.05, 4.69) is 5.32 Å². The van der Waals surface area contributed by atoms with Crippen molar-refractivity contribution in [3.63, 3.8) is 0 Å². The van der Waals surface area contributed by atoms with E-state index in [1.54, 1.807) is 0 Å². The lowest BCUT2D eigenvalue weighted by Gasteiger charge is -2.09. The Morgan fingerprint density at radius 3 is 2.55 bits per heavy atom. The standard InChI is InChI=1S/C17H18ClNO/c1-12-6-7-16(13(2)8-12)17(20)19-11-15-5-3-4-14(9-15)10-18/h3-9H,10-11H2,1-2H3,(H,19,20). The first-order chi connectivity index (χ1) is 9.60. The van der Waals surface area contributed by atoms with Crippen molar-refractivity contribution in [1.82, 2.24) is 5.32 Å². The lowest BCUT2D eigenvalue weighted by molar-refractivity contribution is 0.0950. The molecular weight excluding hydrogens is 270 g/mol. The van der Waals surface area contributed by atoms with Gasteiger partial charge in [0, 0.05) is 18.0 Å². The topological polar surface area (TPSA) is 29.1 Å². The van der Waals surface area contributed by atoms with E-state index >= 15 is 0 Å². The highest BCUT2D eigenvalue weighted by molar-refractivity contribution is 6.17. The molecule has 0 aliphatic rings. The predicted molar refractivity (Wildman–Crippen MR) is 83.1 cm³/mol. The fourth-order valence-corrected chi connectivity index (χ4v) is 2.33. The van der Waals surface area contributed by atoms with Crippen molar-refractivity contribution in [1.29, 1.82) is 0 Å². The van der Waals surface area contributed by atoms with Gasteiger partial charge in [0.05, 0.1) is 0 Å². The van der Waals surface area contributed by atoms with E-state index in [9.17, 15) is 4.79 Å². The summed E-state index contributed by atoms with van der Waals surface area (Å²) >= 11 is 5.81. The minimum Gasteiger partial charge on any atom is -0.348 e. The third kappa shape index (κ3) is 3.61. The van der Waals surface area contributed by atoms with Crippen LogP contribution in [0.15, 0.2) is 42.5 Å². The van der Waals surface area contributed by atoms with Gasteiger partial charge in [0.25, 0.3) is 5.91 Å². The predicted octanol–water partition coefficient (Wildman–Crippen LogP) is 3.97. The number of halogens is 1. The molecule has 0 heterocycles. The van der Waals surface area contributed by atoms with Gasteiger partial charge in [-0.3, -0.25) is 4.79 Å². The monoisotopic (exact) mass is 287 g/mol. The third-order valence-electron chi connectivity index (χ3n) is 3.23. The Morgan fingerprint density at radius 1 is 1.10 bits per heavy atom. The van der Waals surface area contributed by atoms with Gasteiger partial charge in [-0.15, -0.1) is 11.6 Å². The number of alkyl halides is 1. The van der Waals surface area contributed by atoms with E-state index in [0.717, 1.165) is 27.8 Å². The Labute approximate surface area is 124 Å². The molecule has 0 spiro atoms. The molecule has 0 radical (unpaired) electrons.